The van der Waals surface area contributed by atoms with E-state index in [4.69, 9.17) is 5.73 Å². The van der Waals surface area contributed by atoms with Crippen LogP contribution in [0, 0.1) is 18.6 Å². The fourth-order valence-electron chi connectivity index (χ4n) is 1.78. The molecule has 1 aromatic rings. The number of hydrogen-bond acceptors (Lipinski definition) is 2. The molecular weight excluding hydrogens is 250 g/mol. The Balaban J connectivity index is 2.48. The van der Waals surface area contributed by atoms with Gasteiger partial charge < -0.3 is 11.1 Å². The average Bonchev–Trinajstić information content (AvgIpc) is 2.38. The minimum absolute atomic E-state index is 0.259. The molecule has 0 unspecified atom stereocenters. The largest absolute Gasteiger partial charge is 0.352 e. The summed E-state index contributed by atoms with van der Waals surface area (Å²) in [5.74, 6) is -2.32. The highest BCUT2D eigenvalue weighted by molar-refractivity contribution is 5.94. The number of amides is 1. The highest BCUT2D eigenvalue weighted by Gasteiger charge is 2.18. The Morgan fingerprint density at radius 1 is 1.21 bits per heavy atom. The van der Waals surface area contributed by atoms with Crippen molar-refractivity contribution in [1.29, 1.82) is 0 Å². The lowest BCUT2D eigenvalue weighted by Gasteiger charge is -2.08. The highest BCUT2D eigenvalue weighted by atomic mass is 19.1. The van der Waals surface area contributed by atoms with Crippen molar-refractivity contribution in [2.24, 2.45) is 5.73 Å². The zero-order valence-corrected chi connectivity index (χ0v) is 11.1. The fourth-order valence-corrected chi connectivity index (χ4v) is 1.78. The molecule has 0 aliphatic rings. The van der Waals surface area contributed by atoms with Crippen LogP contribution in [0.25, 0.3) is 0 Å². The van der Waals surface area contributed by atoms with Gasteiger partial charge in [0.15, 0.2) is 0 Å². The summed E-state index contributed by atoms with van der Waals surface area (Å²) in [4.78, 5) is 11.7. The molecule has 3 nitrogen and oxygen atoms in total. The first kappa shape index (κ1) is 15.6. The third-order valence-corrected chi connectivity index (χ3v) is 2.93. The fraction of sp³-hybridized carbons (Fsp3) is 0.500. The molecule has 0 heterocycles. The minimum atomic E-state index is -0.830. The first-order valence-electron chi connectivity index (χ1n) is 6.50. The lowest BCUT2D eigenvalue weighted by molar-refractivity contribution is 0.0944. The number of benzene rings is 1. The summed E-state index contributed by atoms with van der Waals surface area (Å²) in [7, 11) is 0. The van der Waals surface area contributed by atoms with Crippen LogP contribution in [0.5, 0.6) is 0 Å². The molecule has 106 valence electrons. The standard InChI is InChI=1S/C14H20F2N2O/c1-10-6-7-11(15)12(13(10)16)14(19)18-9-5-3-2-4-8-17/h6-7H,2-5,8-9,17H2,1H3,(H,18,19). The molecule has 0 bridgehead atoms. The number of nitrogens with one attached hydrogen (secondary N) is 1. The van der Waals surface area contributed by atoms with Crippen LogP contribution in [0.1, 0.15) is 41.6 Å². The van der Waals surface area contributed by atoms with Gasteiger partial charge in [0.25, 0.3) is 5.91 Å². The first-order valence-corrected chi connectivity index (χ1v) is 6.50. The number of hydrogen-bond donors (Lipinski definition) is 2. The van der Waals surface area contributed by atoms with Gasteiger partial charge in [0.2, 0.25) is 0 Å². The predicted octanol–water partition coefficient (Wildman–Crippen LogP) is 2.52. The van der Waals surface area contributed by atoms with Crippen LogP contribution in [0.2, 0.25) is 0 Å². The van der Waals surface area contributed by atoms with E-state index in [2.05, 4.69) is 5.32 Å². The molecule has 0 atom stereocenters. The molecule has 1 rings (SSSR count). The van der Waals surface area contributed by atoms with E-state index < -0.39 is 23.1 Å². The summed E-state index contributed by atoms with van der Waals surface area (Å²) >= 11 is 0. The molecule has 0 saturated carbocycles. The van der Waals surface area contributed by atoms with Gasteiger partial charge in [-0.1, -0.05) is 18.9 Å². The SMILES string of the molecule is Cc1ccc(F)c(C(=O)NCCCCCCN)c1F. The maximum atomic E-state index is 13.7. The second-order valence-corrected chi connectivity index (χ2v) is 4.51. The van der Waals surface area contributed by atoms with Gasteiger partial charge in [-0.2, -0.15) is 0 Å². The van der Waals surface area contributed by atoms with E-state index in [0.29, 0.717) is 13.1 Å². The molecule has 0 radical (unpaired) electrons. The quantitative estimate of drug-likeness (QED) is 0.748. The molecule has 0 spiro atoms. The van der Waals surface area contributed by atoms with Gasteiger partial charge in [-0.3, -0.25) is 4.79 Å². The molecule has 0 aliphatic carbocycles. The Bertz CT molecular complexity index is 436. The van der Waals surface area contributed by atoms with Crippen LogP contribution in [0.3, 0.4) is 0 Å². The van der Waals surface area contributed by atoms with E-state index in [-0.39, 0.29) is 5.56 Å². The van der Waals surface area contributed by atoms with Gasteiger partial charge in [-0.05, 0) is 37.9 Å². The van der Waals surface area contributed by atoms with Crippen LogP contribution < -0.4 is 11.1 Å². The Labute approximate surface area is 112 Å². The predicted molar refractivity (Wildman–Crippen MR) is 71.0 cm³/mol. The molecule has 0 aliphatic heterocycles. The molecule has 0 aromatic heterocycles. The van der Waals surface area contributed by atoms with Gasteiger partial charge >= 0.3 is 0 Å². The van der Waals surface area contributed by atoms with Gasteiger partial charge in [-0.15, -0.1) is 0 Å². The molecule has 19 heavy (non-hydrogen) atoms. The Hall–Kier alpha value is -1.49. The number of halogens is 2. The van der Waals surface area contributed by atoms with Gasteiger partial charge in [0.1, 0.15) is 17.2 Å². The van der Waals surface area contributed by atoms with Crippen LogP contribution in [0.15, 0.2) is 12.1 Å². The molecule has 0 saturated heterocycles. The van der Waals surface area contributed by atoms with Crippen molar-refractivity contribution in [3.63, 3.8) is 0 Å². The second kappa shape index (κ2) is 7.84. The maximum Gasteiger partial charge on any atom is 0.257 e. The number of unbranched alkanes of at least 4 members (excludes halogenated alkanes) is 3. The van der Waals surface area contributed by atoms with E-state index in [0.717, 1.165) is 31.7 Å². The van der Waals surface area contributed by atoms with E-state index in [9.17, 15) is 13.6 Å². The van der Waals surface area contributed by atoms with Crippen molar-refractivity contribution < 1.29 is 13.6 Å². The van der Waals surface area contributed by atoms with Crippen molar-refractivity contribution in [2.75, 3.05) is 13.1 Å². The normalized spacial score (nSPS) is 10.5. The number of aryl methyl sites for hydroxylation is 1. The number of carbonyl (C=O) groups excluding carboxylic acids is 1. The van der Waals surface area contributed by atoms with Crippen molar-refractivity contribution in [3.05, 3.63) is 34.9 Å². The third-order valence-electron chi connectivity index (χ3n) is 2.93. The first-order chi connectivity index (χ1) is 9.07. The maximum absolute atomic E-state index is 13.7. The smallest absolute Gasteiger partial charge is 0.257 e. The third kappa shape index (κ3) is 4.59. The topological polar surface area (TPSA) is 55.1 Å². The zero-order valence-electron chi connectivity index (χ0n) is 11.1. The van der Waals surface area contributed by atoms with Crippen LogP contribution in [0.4, 0.5) is 8.78 Å². The number of rotatable bonds is 7. The molecule has 3 N–H and O–H groups in total. The summed E-state index contributed by atoms with van der Waals surface area (Å²) < 4.78 is 27.1. The van der Waals surface area contributed by atoms with Crippen LogP contribution >= 0.6 is 0 Å². The summed E-state index contributed by atoms with van der Waals surface area (Å²) in [6.07, 6.45) is 3.67. The minimum Gasteiger partial charge on any atom is -0.352 e. The lowest BCUT2D eigenvalue weighted by Crippen LogP contribution is -2.26. The summed E-state index contributed by atoms with van der Waals surface area (Å²) in [6.45, 7) is 2.57. The highest BCUT2D eigenvalue weighted by Crippen LogP contribution is 2.16. The molecule has 1 aromatic carbocycles. The number of carbonyl (C=O) groups is 1. The van der Waals surface area contributed by atoms with Gasteiger partial charge in [-0.25, -0.2) is 8.78 Å². The average molecular weight is 270 g/mol. The Kier molecular flexibility index (Phi) is 6.42. The summed E-state index contributed by atoms with van der Waals surface area (Å²) in [5, 5.41) is 2.53. The summed E-state index contributed by atoms with van der Waals surface area (Å²) in [5.41, 5.74) is 5.12. The van der Waals surface area contributed by atoms with E-state index in [1.807, 2.05) is 0 Å². The zero-order chi connectivity index (χ0) is 14.3. The van der Waals surface area contributed by atoms with E-state index in [1.54, 1.807) is 0 Å². The van der Waals surface area contributed by atoms with Crippen LogP contribution in [-0.4, -0.2) is 19.0 Å². The second-order valence-electron chi connectivity index (χ2n) is 4.51. The Morgan fingerprint density at radius 3 is 2.58 bits per heavy atom. The van der Waals surface area contributed by atoms with Crippen molar-refractivity contribution in [3.8, 4) is 0 Å². The molecule has 0 fully saturated rings. The van der Waals surface area contributed by atoms with Crippen LogP contribution in [-0.2, 0) is 0 Å². The number of nitrogens with two attached hydrogens (primary N) is 1. The van der Waals surface area contributed by atoms with Crippen molar-refractivity contribution in [1.82, 2.24) is 5.32 Å². The van der Waals surface area contributed by atoms with E-state index in [1.165, 1.54) is 13.0 Å². The van der Waals surface area contributed by atoms with Gasteiger partial charge in [0.05, 0.1) is 0 Å². The van der Waals surface area contributed by atoms with Gasteiger partial charge in [0, 0.05) is 6.54 Å². The Morgan fingerprint density at radius 2 is 1.89 bits per heavy atom. The molecular formula is C14H20F2N2O. The lowest BCUT2D eigenvalue weighted by atomic mass is 10.1. The van der Waals surface area contributed by atoms with E-state index >= 15 is 0 Å². The monoisotopic (exact) mass is 270 g/mol. The molecule has 1 amide bonds. The summed E-state index contributed by atoms with van der Waals surface area (Å²) in [6, 6.07) is 2.42. The van der Waals surface area contributed by atoms with Crippen molar-refractivity contribution >= 4 is 5.91 Å². The molecule has 5 heteroatoms. The van der Waals surface area contributed by atoms with Crippen molar-refractivity contribution in [2.45, 2.75) is 32.6 Å².